The summed E-state index contributed by atoms with van der Waals surface area (Å²) in [5.41, 5.74) is 0. The first-order chi connectivity index (χ1) is 4.13. The number of carbonyl (C=O) groups is 1. The molecular formula is C6H11NO2. The van der Waals surface area contributed by atoms with E-state index in [0.717, 1.165) is 0 Å². The van der Waals surface area contributed by atoms with Crippen LogP contribution in [0.3, 0.4) is 0 Å². The Morgan fingerprint density at radius 2 is 2.33 bits per heavy atom. The minimum atomic E-state index is -0.506. The van der Waals surface area contributed by atoms with Gasteiger partial charge in [-0.2, -0.15) is 0 Å². The zero-order valence-corrected chi connectivity index (χ0v) is 5.59. The van der Waals surface area contributed by atoms with Gasteiger partial charge in [-0.25, -0.2) is 0 Å². The quantitative estimate of drug-likeness (QED) is 0.469. The molecule has 3 heteroatoms. The molecule has 1 fully saturated rings. The summed E-state index contributed by atoms with van der Waals surface area (Å²) in [6.45, 7) is 3.53. The maximum absolute atomic E-state index is 10.6. The molecule has 0 spiro atoms. The van der Waals surface area contributed by atoms with Crippen molar-refractivity contribution in [3.8, 4) is 0 Å². The van der Waals surface area contributed by atoms with Gasteiger partial charge in [-0.3, -0.25) is 4.79 Å². The number of hydrogen-bond acceptors (Lipinski definition) is 2. The largest absolute Gasteiger partial charge is 0.393 e. The van der Waals surface area contributed by atoms with E-state index >= 15 is 0 Å². The van der Waals surface area contributed by atoms with Gasteiger partial charge in [0.2, 0.25) is 5.91 Å². The second-order valence-corrected chi connectivity index (χ2v) is 2.56. The Kier molecular flexibility index (Phi) is 1.45. The Labute approximate surface area is 54.1 Å². The van der Waals surface area contributed by atoms with Gasteiger partial charge in [0, 0.05) is 6.04 Å². The van der Waals surface area contributed by atoms with Gasteiger partial charge in [-0.05, 0) is 13.8 Å². The highest BCUT2D eigenvalue weighted by Crippen LogP contribution is 2.17. The van der Waals surface area contributed by atoms with Crippen molar-refractivity contribution in [2.24, 2.45) is 5.92 Å². The van der Waals surface area contributed by atoms with Crippen LogP contribution < -0.4 is 5.32 Å². The lowest BCUT2D eigenvalue weighted by atomic mass is 9.88. The van der Waals surface area contributed by atoms with E-state index in [1.165, 1.54) is 0 Å². The van der Waals surface area contributed by atoms with Gasteiger partial charge in [-0.15, -0.1) is 0 Å². The van der Waals surface area contributed by atoms with E-state index in [0.29, 0.717) is 0 Å². The monoisotopic (exact) mass is 129 g/mol. The lowest BCUT2D eigenvalue weighted by Crippen LogP contribution is -2.60. The van der Waals surface area contributed by atoms with Crippen molar-refractivity contribution in [2.45, 2.75) is 26.0 Å². The topological polar surface area (TPSA) is 49.3 Å². The van der Waals surface area contributed by atoms with Crippen LogP contribution in [0.2, 0.25) is 0 Å². The Morgan fingerprint density at radius 1 is 1.78 bits per heavy atom. The lowest BCUT2D eigenvalue weighted by molar-refractivity contribution is -0.139. The third-order valence-corrected chi connectivity index (χ3v) is 1.73. The summed E-state index contributed by atoms with van der Waals surface area (Å²) in [6.07, 6.45) is -0.506. The average Bonchev–Trinajstić information content (AvgIpc) is 1.62. The van der Waals surface area contributed by atoms with Crippen LogP contribution in [0.1, 0.15) is 13.8 Å². The van der Waals surface area contributed by atoms with Gasteiger partial charge in [0.05, 0.1) is 12.0 Å². The van der Waals surface area contributed by atoms with Crippen molar-refractivity contribution >= 4 is 5.91 Å². The number of rotatable bonds is 1. The highest BCUT2D eigenvalue weighted by Gasteiger charge is 2.38. The highest BCUT2D eigenvalue weighted by atomic mass is 16.3. The van der Waals surface area contributed by atoms with Gasteiger partial charge < -0.3 is 10.4 Å². The maximum atomic E-state index is 10.6. The van der Waals surface area contributed by atoms with E-state index in [9.17, 15) is 4.79 Å². The molecule has 3 atom stereocenters. The number of aliphatic hydroxyl groups excluding tert-OH is 1. The van der Waals surface area contributed by atoms with Crippen LogP contribution in [0, 0.1) is 5.92 Å². The lowest BCUT2D eigenvalue weighted by Gasteiger charge is -2.35. The standard InChI is InChI=1S/C6H11NO2/c1-3-5(4(2)8)6(9)7-3/h3-5,8H,1-2H3,(H,7,9). The molecule has 3 unspecified atom stereocenters. The fraction of sp³-hybridized carbons (Fsp3) is 0.833. The summed E-state index contributed by atoms with van der Waals surface area (Å²) in [6, 6.07) is 0.150. The fourth-order valence-electron chi connectivity index (χ4n) is 1.18. The molecule has 0 aliphatic carbocycles. The molecule has 0 radical (unpaired) electrons. The molecule has 0 bridgehead atoms. The third kappa shape index (κ3) is 0.920. The molecule has 0 aromatic rings. The SMILES string of the molecule is CC(O)C1C(=O)NC1C. The zero-order chi connectivity index (χ0) is 7.02. The van der Waals surface area contributed by atoms with E-state index in [1.807, 2.05) is 6.92 Å². The van der Waals surface area contributed by atoms with Crippen LogP contribution in [0.4, 0.5) is 0 Å². The first kappa shape index (κ1) is 6.55. The molecule has 52 valence electrons. The van der Waals surface area contributed by atoms with Crippen molar-refractivity contribution < 1.29 is 9.90 Å². The van der Waals surface area contributed by atoms with E-state index in [2.05, 4.69) is 5.32 Å². The first-order valence-electron chi connectivity index (χ1n) is 3.11. The predicted molar refractivity (Wildman–Crippen MR) is 32.8 cm³/mol. The maximum Gasteiger partial charge on any atom is 0.228 e. The molecule has 0 aromatic carbocycles. The minimum Gasteiger partial charge on any atom is -0.393 e. The summed E-state index contributed by atoms with van der Waals surface area (Å²) in [5, 5.41) is 11.6. The van der Waals surface area contributed by atoms with Gasteiger partial charge in [-0.1, -0.05) is 0 Å². The summed E-state index contributed by atoms with van der Waals surface area (Å²) in [4.78, 5) is 10.6. The molecule has 2 N–H and O–H groups in total. The number of β-lactam (4-membered cyclic amide) rings is 1. The summed E-state index contributed by atoms with van der Waals surface area (Å²) in [5.74, 6) is -0.206. The van der Waals surface area contributed by atoms with E-state index in [4.69, 9.17) is 5.11 Å². The molecule has 1 aliphatic rings. The number of nitrogens with one attached hydrogen (secondary N) is 1. The van der Waals surface area contributed by atoms with Crippen LogP contribution in [-0.4, -0.2) is 23.2 Å². The molecule has 1 saturated heterocycles. The van der Waals surface area contributed by atoms with Crippen LogP contribution in [0.15, 0.2) is 0 Å². The van der Waals surface area contributed by atoms with Crippen LogP contribution in [0.5, 0.6) is 0 Å². The van der Waals surface area contributed by atoms with E-state index in [-0.39, 0.29) is 17.9 Å². The van der Waals surface area contributed by atoms with Gasteiger partial charge in [0.15, 0.2) is 0 Å². The van der Waals surface area contributed by atoms with Crippen molar-refractivity contribution in [1.29, 1.82) is 0 Å². The predicted octanol–water partition coefficient (Wildman–Crippen LogP) is -0.498. The molecule has 1 heterocycles. The molecule has 9 heavy (non-hydrogen) atoms. The average molecular weight is 129 g/mol. The second kappa shape index (κ2) is 1.99. The van der Waals surface area contributed by atoms with E-state index < -0.39 is 6.10 Å². The minimum absolute atomic E-state index is 0.0301. The van der Waals surface area contributed by atoms with E-state index in [1.54, 1.807) is 6.92 Å². The van der Waals surface area contributed by atoms with Crippen molar-refractivity contribution in [1.82, 2.24) is 5.32 Å². The van der Waals surface area contributed by atoms with Crippen LogP contribution in [0.25, 0.3) is 0 Å². The summed E-state index contributed by atoms with van der Waals surface area (Å²) >= 11 is 0. The number of amides is 1. The van der Waals surface area contributed by atoms with Gasteiger partial charge in [0.25, 0.3) is 0 Å². The number of aliphatic hydroxyl groups is 1. The van der Waals surface area contributed by atoms with Crippen molar-refractivity contribution in [3.05, 3.63) is 0 Å². The molecule has 1 amide bonds. The Morgan fingerprint density at radius 3 is 2.44 bits per heavy atom. The Hall–Kier alpha value is -0.570. The van der Waals surface area contributed by atoms with Crippen molar-refractivity contribution in [3.63, 3.8) is 0 Å². The van der Waals surface area contributed by atoms with Crippen LogP contribution in [-0.2, 0) is 4.79 Å². The molecule has 0 saturated carbocycles. The summed E-state index contributed by atoms with van der Waals surface area (Å²) < 4.78 is 0. The first-order valence-corrected chi connectivity index (χ1v) is 3.11. The Bertz CT molecular complexity index is 128. The molecule has 1 rings (SSSR count). The third-order valence-electron chi connectivity index (χ3n) is 1.73. The van der Waals surface area contributed by atoms with Crippen molar-refractivity contribution in [2.75, 3.05) is 0 Å². The van der Waals surface area contributed by atoms with Crippen LogP contribution >= 0.6 is 0 Å². The summed E-state index contributed by atoms with van der Waals surface area (Å²) in [7, 11) is 0. The molecule has 0 aromatic heterocycles. The van der Waals surface area contributed by atoms with Gasteiger partial charge in [0.1, 0.15) is 0 Å². The Balaban J connectivity index is 2.49. The molecular weight excluding hydrogens is 118 g/mol. The zero-order valence-electron chi connectivity index (χ0n) is 5.59. The molecule has 3 nitrogen and oxygen atoms in total. The number of hydrogen-bond donors (Lipinski definition) is 2. The second-order valence-electron chi connectivity index (χ2n) is 2.56. The highest BCUT2D eigenvalue weighted by molar-refractivity contribution is 5.86. The smallest absolute Gasteiger partial charge is 0.228 e. The number of carbonyl (C=O) groups excluding carboxylic acids is 1. The molecule has 1 aliphatic heterocycles. The fourth-order valence-corrected chi connectivity index (χ4v) is 1.18. The van der Waals surface area contributed by atoms with Gasteiger partial charge >= 0.3 is 0 Å². The normalized spacial score (nSPS) is 37.0.